The maximum atomic E-state index is 2.45. The average Bonchev–Trinajstić information content (AvgIpc) is 3.71. The van der Waals surface area contributed by atoms with Gasteiger partial charge >= 0.3 is 0 Å². The zero-order valence-electron chi connectivity index (χ0n) is 26.6. The van der Waals surface area contributed by atoms with Crippen LogP contribution in [-0.2, 0) is 0 Å². The number of para-hydroxylation sites is 3. The highest BCUT2D eigenvalue weighted by Crippen LogP contribution is 2.49. The summed E-state index contributed by atoms with van der Waals surface area (Å²) in [6.07, 6.45) is 0. The highest BCUT2D eigenvalue weighted by Gasteiger charge is 2.24. The molecular formula is C46H30N2S. The van der Waals surface area contributed by atoms with Crippen LogP contribution in [0, 0.1) is 0 Å². The van der Waals surface area contributed by atoms with Gasteiger partial charge in [0.2, 0.25) is 0 Å². The predicted molar refractivity (Wildman–Crippen MR) is 211 cm³/mol. The van der Waals surface area contributed by atoms with Gasteiger partial charge in [-0.2, -0.15) is 0 Å². The van der Waals surface area contributed by atoms with Crippen molar-refractivity contribution in [1.29, 1.82) is 0 Å². The molecule has 0 amide bonds. The minimum atomic E-state index is 1.12. The normalized spacial score (nSPS) is 11.7. The standard InChI is InChI=1S/C46H30N2S/c1-3-15-34(16-4-1)47(36-25-26-38-37-19-10-12-22-43(37)49-44(38)30-36)41-27-28-42-46(45(41)33-24-23-31-13-7-8-14-32(31)29-33)39-20-9-11-21-40(39)48(42)35-17-5-2-6-18-35/h1-30H. The van der Waals surface area contributed by atoms with Crippen LogP contribution in [0.1, 0.15) is 0 Å². The fraction of sp³-hybridized carbons (Fsp3) is 0. The molecule has 0 radical (unpaired) electrons. The van der Waals surface area contributed by atoms with E-state index in [2.05, 4.69) is 191 Å². The van der Waals surface area contributed by atoms with Crippen LogP contribution in [0.2, 0.25) is 0 Å². The molecule has 0 N–H and O–H groups in total. The van der Waals surface area contributed by atoms with E-state index in [-0.39, 0.29) is 0 Å². The van der Waals surface area contributed by atoms with Gasteiger partial charge in [0.15, 0.2) is 0 Å². The summed E-state index contributed by atoms with van der Waals surface area (Å²) in [5, 5.41) is 7.56. The molecule has 0 atom stereocenters. The number of hydrogen-bond donors (Lipinski definition) is 0. The SMILES string of the molecule is c1ccc(N(c2ccc3c(c2)sc2ccccc23)c2ccc3c(c2-c2ccc4ccccc4c2)c2ccccc2n3-c2ccccc2)cc1. The fourth-order valence-electron chi connectivity index (χ4n) is 7.59. The monoisotopic (exact) mass is 642 g/mol. The summed E-state index contributed by atoms with van der Waals surface area (Å²) in [4.78, 5) is 2.45. The van der Waals surface area contributed by atoms with Crippen molar-refractivity contribution in [2.75, 3.05) is 4.90 Å². The Morgan fingerprint density at radius 1 is 0.429 bits per heavy atom. The van der Waals surface area contributed by atoms with E-state index in [1.54, 1.807) is 0 Å². The molecule has 10 rings (SSSR count). The van der Waals surface area contributed by atoms with Crippen LogP contribution >= 0.6 is 11.3 Å². The first-order chi connectivity index (χ1) is 24.3. The first-order valence-corrected chi connectivity index (χ1v) is 17.5. The first kappa shape index (κ1) is 27.9. The molecule has 230 valence electrons. The van der Waals surface area contributed by atoms with Crippen molar-refractivity contribution < 1.29 is 0 Å². The van der Waals surface area contributed by atoms with Crippen molar-refractivity contribution in [2.45, 2.75) is 0 Å². The second kappa shape index (κ2) is 11.2. The van der Waals surface area contributed by atoms with Gasteiger partial charge in [-0.3, -0.25) is 0 Å². The van der Waals surface area contributed by atoms with Crippen molar-refractivity contribution in [3.8, 4) is 16.8 Å². The van der Waals surface area contributed by atoms with Crippen LogP contribution in [-0.4, -0.2) is 4.57 Å². The fourth-order valence-corrected chi connectivity index (χ4v) is 8.73. The maximum Gasteiger partial charge on any atom is 0.0548 e. The van der Waals surface area contributed by atoms with Crippen LogP contribution in [0.5, 0.6) is 0 Å². The summed E-state index contributed by atoms with van der Waals surface area (Å²) in [7, 11) is 0. The van der Waals surface area contributed by atoms with E-state index in [1.165, 1.54) is 63.9 Å². The van der Waals surface area contributed by atoms with E-state index in [1.807, 2.05) is 11.3 Å². The molecule has 0 fully saturated rings. The number of aromatic nitrogens is 1. The number of fused-ring (bicyclic) bond motifs is 7. The zero-order valence-corrected chi connectivity index (χ0v) is 27.4. The van der Waals surface area contributed by atoms with Gasteiger partial charge in [0.1, 0.15) is 0 Å². The third kappa shape index (κ3) is 4.47. The number of benzene rings is 8. The van der Waals surface area contributed by atoms with Crippen LogP contribution in [0.15, 0.2) is 182 Å². The van der Waals surface area contributed by atoms with E-state index in [0.717, 1.165) is 22.7 Å². The third-order valence-electron chi connectivity index (χ3n) is 9.74. The lowest BCUT2D eigenvalue weighted by molar-refractivity contribution is 1.18. The molecule has 0 aliphatic rings. The summed E-state index contributed by atoms with van der Waals surface area (Å²) in [5.41, 5.74) is 9.35. The second-order valence-corrected chi connectivity index (χ2v) is 13.6. The molecule has 2 nitrogen and oxygen atoms in total. The molecule has 0 spiro atoms. The maximum absolute atomic E-state index is 2.45. The Balaban J connectivity index is 1.33. The van der Waals surface area contributed by atoms with Gasteiger partial charge in [0, 0.05) is 53.6 Å². The highest BCUT2D eigenvalue weighted by molar-refractivity contribution is 7.25. The molecule has 0 saturated carbocycles. The van der Waals surface area contributed by atoms with E-state index < -0.39 is 0 Å². The van der Waals surface area contributed by atoms with Crippen LogP contribution in [0.4, 0.5) is 17.1 Å². The highest BCUT2D eigenvalue weighted by atomic mass is 32.1. The predicted octanol–water partition coefficient (Wildman–Crippen LogP) is 13.4. The van der Waals surface area contributed by atoms with Gasteiger partial charge in [-0.15, -0.1) is 11.3 Å². The molecule has 10 aromatic rings. The van der Waals surface area contributed by atoms with Crippen molar-refractivity contribution >= 4 is 81.1 Å². The molecule has 49 heavy (non-hydrogen) atoms. The largest absolute Gasteiger partial charge is 0.310 e. The molecule has 0 unspecified atom stereocenters. The molecule has 2 heterocycles. The van der Waals surface area contributed by atoms with E-state index in [9.17, 15) is 0 Å². The smallest absolute Gasteiger partial charge is 0.0548 e. The van der Waals surface area contributed by atoms with E-state index in [0.29, 0.717) is 0 Å². The topological polar surface area (TPSA) is 8.17 Å². The minimum absolute atomic E-state index is 1.12. The number of anilines is 3. The minimum Gasteiger partial charge on any atom is -0.310 e. The second-order valence-electron chi connectivity index (χ2n) is 12.6. The van der Waals surface area contributed by atoms with Crippen LogP contribution in [0.3, 0.4) is 0 Å². The van der Waals surface area contributed by atoms with Crippen molar-refractivity contribution in [2.24, 2.45) is 0 Å². The summed E-state index contributed by atoms with van der Waals surface area (Å²) < 4.78 is 5.01. The molecule has 2 aromatic heterocycles. The number of nitrogens with zero attached hydrogens (tertiary/aromatic N) is 2. The zero-order chi connectivity index (χ0) is 32.3. The average molecular weight is 643 g/mol. The van der Waals surface area contributed by atoms with Gasteiger partial charge in [-0.25, -0.2) is 0 Å². The number of hydrogen-bond acceptors (Lipinski definition) is 2. The van der Waals surface area contributed by atoms with Crippen LogP contribution in [0.25, 0.3) is 69.6 Å². The summed E-state index contributed by atoms with van der Waals surface area (Å²) in [6.45, 7) is 0. The van der Waals surface area contributed by atoms with Gasteiger partial charge in [0.25, 0.3) is 0 Å². The first-order valence-electron chi connectivity index (χ1n) is 16.7. The molecule has 0 saturated heterocycles. The molecule has 3 heteroatoms. The quantitative estimate of drug-likeness (QED) is 0.181. The van der Waals surface area contributed by atoms with E-state index in [4.69, 9.17) is 0 Å². The molecular weight excluding hydrogens is 613 g/mol. The lowest BCUT2D eigenvalue weighted by atomic mass is 9.94. The Kier molecular flexibility index (Phi) is 6.39. The molecule has 8 aromatic carbocycles. The number of rotatable bonds is 5. The molecule has 0 aliphatic heterocycles. The lowest BCUT2D eigenvalue weighted by Gasteiger charge is -2.28. The Labute approximate surface area is 288 Å². The van der Waals surface area contributed by atoms with Crippen molar-refractivity contribution in [3.05, 3.63) is 182 Å². The number of thiophene rings is 1. The van der Waals surface area contributed by atoms with Gasteiger partial charge in [0.05, 0.1) is 16.7 Å². The van der Waals surface area contributed by atoms with Crippen LogP contribution < -0.4 is 4.90 Å². The molecule has 0 bridgehead atoms. The Hall–Kier alpha value is -6.16. The summed E-state index contributed by atoms with van der Waals surface area (Å²) >= 11 is 1.86. The van der Waals surface area contributed by atoms with Gasteiger partial charge in [-0.05, 0) is 83.1 Å². The lowest BCUT2D eigenvalue weighted by Crippen LogP contribution is -2.11. The van der Waals surface area contributed by atoms with Crippen molar-refractivity contribution in [3.63, 3.8) is 0 Å². The molecule has 0 aliphatic carbocycles. The summed E-state index contributed by atoms with van der Waals surface area (Å²) in [6, 6.07) is 66.3. The Morgan fingerprint density at radius 3 is 1.98 bits per heavy atom. The summed E-state index contributed by atoms with van der Waals surface area (Å²) in [5.74, 6) is 0. The Bertz CT molecular complexity index is 2830. The van der Waals surface area contributed by atoms with Crippen molar-refractivity contribution in [1.82, 2.24) is 4.57 Å². The van der Waals surface area contributed by atoms with E-state index >= 15 is 0 Å². The van der Waals surface area contributed by atoms with Gasteiger partial charge in [-0.1, -0.05) is 115 Å². The Morgan fingerprint density at radius 2 is 1.12 bits per heavy atom. The third-order valence-corrected chi connectivity index (χ3v) is 10.9. The van der Waals surface area contributed by atoms with Gasteiger partial charge < -0.3 is 9.47 Å².